The van der Waals surface area contributed by atoms with Crippen LogP contribution < -0.4 is 11.3 Å². The molecule has 84 valence electrons. The van der Waals surface area contributed by atoms with E-state index in [1.807, 2.05) is 6.92 Å². The molecule has 3 nitrogen and oxygen atoms in total. The van der Waals surface area contributed by atoms with Crippen molar-refractivity contribution in [1.29, 1.82) is 0 Å². The van der Waals surface area contributed by atoms with Gasteiger partial charge in [0.2, 0.25) is 0 Å². The van der Waals surface area contributed by atoms with E-state index < -0.39 is 0 Å². The zero-order chi connectivity index (χ0) is 11.3. The lowest BCUT2D eigenvalue weighted by molar-refractivity contribution is 0.123. The Labute approximate surface area is 99.1 Å². The summed E-state index contributed by atoms with van der Waals surface area (Å²) in [5.41, 5.74) is 5.10. The summed E-state index contributed by atoms with van der Waals surface area (Å²) in [6.45, 7) is 5.30. The highest BCUT2D eigenvalue weighted by molar-refractivity contribution is 9.10. The largest absolute Gasteiger partial charge is 0.380 e. The first-order valence-electron chi connectivity index (χ1n) is 4.99. The summed E-state index contributed by atoms with van der Waals surface area (Å²) in [7, 11) is 0. The summed E-state index contributed by atoms with van der Waals surface area (Å²) in [6.07, 6.45) is 0. The van der Waals surface area contributed by atoms with Crippen molar-refractivity contribution in [3.63, 3.8) is 0 Å². The summed E-state index contributed by atoms with van der Waals surface area (Å²) >= 11 is 3.53. The molecule has 1 atom stereocenters. The highest BCUT2D eigenvalue weighted by Crippen LogP contribution is 2.24. The van der Waals surface area contributed by atoms with Crippen molar-refractivity contribution in [1.82, 2.24) is 5.43 Å². The maximum atomic E-state index is 5.50. The number of aryl methyl sites for hydroxylation is 1. The Morgan fingerprint density at radius 3 is 2.80 bits per heavy atom. The maximum absolute atomic E-state index is 5.50. The molecular weight excluding hydrogens is 256 g/mol. The van der Waals surface area contributed by atoms with Gasteiger partial charge in [-0.25, -0.2) is 0 Å². The summed E-state index contributed by atoms with van der Waals surface area (Å²) in [6, 6.07) is 6.23. The average molecular weight is 273 g/mol. The second-order valence-electron chi connectivity index (χ2n) is 3.40. The van der Waals surface area contributed by atoms with E-state index in [1.54, 1.807) is 0 Å². The molecule has 1 aromatic carbocycles. The molecule has 0 radical (unpaired) electrons. The van der Waals surface area contributed by atoms with Gasteiger partial charge in [-0.1, -0.05) is 28.1 Å². The topological polar surface area (TPSA) is 47.3 Å². The number of ether oxygens (including phenoxy) is 1. The Morgan fingerprint density at radius 2 is 2.27 bits per heavy atom. The van der Waals surface area contributed by atoms with Crippen LogP contribution in [-0.4, -0.2) is 13.2 Å². The Balaban J connectivity index is 2.81. The number of nitrogens with two attached hydrogens (primary N) is 1. The van der Waals surface area contributed by atoms with Crippen molar-refractivity contribution in [3.8, 4) is 0 Å². The van der Waals surface area contributed by atoms with E-state index in [0.717, 1.165) is 10.0 Å². The van der Waals surface area contributed by atoms with Crippen LogP contribution in [-0.2, 0) is 4.74 Å². The smallest absolute Gasteiger partial charge is 0.0704 e. The highest BCUT2D eigenvalue weighted by atomic mass is 79.9. The van der Waals surface area contributed by atoms with Crippen molar-refractivity contribution in [3.05, 3.63) is 33.8 Å². The molecule has 1 rings (SSSR count). The number of hydrogen-bond acceptors (Lipinski definition) is 3. The van der Waals surface area contributed by atoms with Crippen LogP contribution in [0.1, 0.15) is 24.1 Å². The maximum Gasteiger partial charge on any atom is 0.0704 e. The van der Waals surface area contributed by atoms with Gasteiger partial charge in [0.15, 0.2) is 0 Å². The van der Waals surface area contributed by atoms with E-state index in [0.29, 0.717) is 13.2 Å². The summed E-state index contributed by atoms with van der Waals surface area (Å²) in [5, 5.41) is 0. The predicted octanol–water partition coefficient (Wildman–Crippen LogP) is 2.30. The van der Waals surface area contributed by atoms with Gasteiger partial charge in [-0.2, -0.15) is 0 Å². The third-order valence-corrected chi connectivity index (χ3v) is 2.91. The molecule has 0 aromatic heterocycles. The Hall–Kier alpha value is -0.420. The minimum absolute atomic E-state index is 0.0277. The third-order valence-electron chi connectivity index (χ3n) is 2.22. The summed E-state index contributed by atoms with van der Waals surface area (Å²) in [5.74, 6) is 5.50. The highest BCUT2D eigenvalue weighted by Gasteiger charge is 2.12. The third kappa shape index (κ3) is 3.57. The van der Waals surface area contributed by atoms with Crippen molar-refractivity contribution in [2.24, 2.45) is 5.84 Å². The number of benzene rings is 1. The molecule has 0 heterocycles. The lowest BCUT2D eigenvalue weighted by Gasteiger charge is -2.17. The Morgan fingerprint density at radius 1 is 1.53 bits per heavy atom. The van der Waals surface area contributed by atoms with E-state index in [9.17, 15) is 0 Å². The van der Waals surface area contributed by atoms with Crippen LogP contribution in [0.4, 0.5) is 0 Å². The number of hydrogen-bond donors (Lipinski definition) is 2. The average Bonchev–Trinajstić information content (AvgIpc) is 2.21. The molecule has 0 bridgehead atoms. The number of hydrazine groups is 1. The van der Waals surface area contributed by atoms with E-state index in [2.05, 4.69) is 46.5 Å². The van der Waals surface area contributed by atoms with Gasteiger partial charge < -0.3 is 4.74 Å². The predicted molar refractivity (Wildman–Crippen MR) is 65.4 cm³/mol. The molecule has 1 aromatic rings. The SMILES string of the molecule is CCOCC(NN)c1ccc(C)cc1Br. The van der Waals surface area contributed by atoms with Crippen LogP contribution in [0.5, 0.6) is 0 Å². The lowest BCUT2D eigenvalue weighted by Crippen LogP contribution is -2.31. The lowest BCUT2D eigenvalue weighted by atomic mass is 10.1. The van der Waals surface area contributed by atoms with Crippen LogP contribution in [0, 0.1) is 6.92 Å². The zero-order valence-electron chi connectivity index (χ0n) is 9.09. The second-order valence-corrected chi connectivity index (χ2v) is 4.26. The molecule has 0 fully saturated rings. The molecule has 4 heteroatoms. The Bertz CT molecular complexity index is 317. The minimum Gasteiger partial charge on any atom is -0.380 e. The fourth-order valence-corrected chi connectivity index (χ4v) is 2.15. The van der Waals surface area contributed by atoms with Crippen LogP contribution in [0.3, 0.4) is 0 Å². The molecule has 0 amide bonds. The molecule has 15 heavy (non-hydrogen) atoms. The Kier molecular flexibility index (Phi) is 5.25. The molecule has 1 unspecified atom stereocenters. The van der Waals surface area contributed by atoms with Crippen molar-refractivity contribution < 1.29 is 4.74 Å². The van der Waals surface area contributed by atoms with E-state index >= 15 is 0 Å². The molecule has 0 saturated carbocycles. The van der Waals surface area contributed by atoms with Crippen molar-refractivity contribution in [2.45, 2.75) is 19.9 Å². The van der Waals surface area contributed by atoms with E-state index in [1.165, 1.54) is 5.56 Å². The molecular formula is C11H17BrN2O. The molecule has 0 spiro atoms. The molecule has 0 aliphatic carbocycles. The first kappa shape index (κ1) is 12.6. The molecule has 0 aliphatic rings. The van der Waals surface area contributed by atoms with Crippen LogP contribution >= 0.6 is 15.9 Å². The molecule has 0 saturated heterocycles. The van der Waals surface area contributed by atoms with Gasteiger partial charge >= 0.3 is 0 Å². The van der Waals surface area contributed by atoms with E-state index in [4.69, 9.17) is 10.6 Å². The minimum atomic E-state index is 0.0277. The van der Waals surface area contributed by atoms with Gasteiger partial charge in [-0.15, -0.1) is 0 Å². The van der Waals surface area contributed by atoms with Crippen molar-refractivity contribution in [2.75, 3.05) is 13.2 Å². The van der Waals surface area contributed by atoms with Gasteiger partial charge in [0.25, 0.3) is 0 Å². The second kappa shape index (κ2) is 6.23. The van der Waals surface area contributed by atoms with Gasteiger partial charge in [-0.3, -0.25) is 11.3 Å². The van der Waals surface area contributed by atoms with E-state index in [-0.39, 0.29) is 6.04 Å². The van der Waals surface area contributed by atoms with Crippen molar-refractivity contribution >= 4 is 15.9 Å². The summed E-state index contributed by atoms with van der Waals surface area (Å²) < 4.78 is 6.42. The van der Waals surface area contributed by atoms with Crippen LogP contribution in [0.25, 0.3) is 0 Å². The van der Waals surface area contributed by atoms with Gasteiger partial charge in [0.1, 0.15) is 0 Å². The standard InChI is InChI=1S/C11H17BrN2O/c1-3-15-7-11(14-13)9-5-4-8(2)6-10(9)12/h4-6,11,14H,3,7,13H2,1-2H3. The molecule has 0 aliphatic heterocycles. The number of rotatable bonds is 5. The van der Waals surface area contributed by atoms with Crippen LogP contribution in [0.15, 0.2) is 22.7 Å². The monoisotopic (exact) mass is 272 g/mol. The first-order chi connectivity index (χ1) is 7.19. The van der Waals surface area contributed by atoms with Crippen LogP contribution in [0.2, 0.25) is 0 Å². The van der Waals surface area contributed by atoms with Gasteiger partial charge in [0.05, 0.1) is 12.6 Å². The quantitative estimate of drug-likeness (QED) is 0.639. The zero-order valence-corrected chi connectivity index (χ0v) is 10.7. The van der Waals surface area contributed by atoms with Gasteiger partial charge in [0, 0.05) is 11.1 Å². The fourth-order valence-electron chi connectivity index (χ4n) is 1.38. The molecule has 3 N–H and O–H groups in total. The van der Waals surface area contributed by atoms with Gasteiger partial charge in [-0.05, 0) is 31.0 Å². The fraction of sp³-hybridized carbons (Fsp3) is 0.455. The number of halogens is 1. The summed E-state index contributed by atoms with van der Waals surface area (Å²) in [4.78, 5) is 0. The first-order valence-corrected chi connectivity index (χ1v) is 5.78. The normalized spacial score (nSPS) is 12.8. The number of nitrogens with one attached hydrogen (secondary N) is 1.